The molecule has 1 N–H and O–H groups in total. The van der Waals surface area contributed by atoms with E-state index in [1.807, 2.05) is 19.9 Å². The molecule has 1 aromatic heterocycles. The molecule has 1 heterocycles. The number of carbonyl (C=O) groups is 1. The molecule has 0 saturated carbocycles. The van der Waals surface area contributed by atoms with Crippen LogP contribution in [0.1, 0.15) is 21.5 Å². The van der Waals surface area contributed by atoms with E-state index in [-0.39, 0.29) is 11.7 Å². The van der Waals surface area contributed by atoms with Crippen LogP contribution in [0, 0.1) is 12.8 Å². The van der Waals surface area contributed by atoms with Crippen LogP contribution in [0.15, 0.2) is 10.5 Å². The molecule has 0 aliphatic carbocycles. The van der Waals surface area contributed by atoms with Crippen molar-refractivity contribution in [2.45, 2.75) is 13.8 Å². The number of carbonyl (C=O) groups excluding carboxylic acids is 1. The number of Topliss-reactive ketones (excluding diaryl/α,β-unsaturated/α-hetero) is 1. The van der Waals surface area contributed by atoms with E-state index in [4.69, 9.17) is 0 Å². The molecule has 0 spiro atoms. The summed E-state index contributed by atoms with van der Waals surface area (Å²) in [6.07, 6.45) is 0. The van der Waals surface area contributed by atoms with Crippen molar-refractivity contribution in [3.63, 3.8) is 0 Å². The number of rotatable bonds is 4. The lowest BCUT2D eigenvalue weighted by molar-refractivity contribution is -0.860. The molecule has 1 atom stereocenters. The second-order valence-corrected chi connectivity index (χ2v) is 6.30. The number of thiophene rings is 1. The summed E-state index contributed by atoms with van der Waals surface area (Å²) in [6.45, 7) is 4.90. The molecule has 4 heteroatoms. The Morgan fingerprint density at radius 3 is 2.60 bits per heavy atom. The first-order chi connectivity index (χ1) is 6.91. The predicted molar refractivity (Wildman–Crippen MR) is 67.9 cm³/mol. The highest BCUT2D eigenvalue weighted by atomic mass is 79.9. The highest BCUT2D eigenvalue weighted by molar-refractivity contribution is 9.10. The largest absolute Gasteiger partial charge is 0.339 e. The van der Waals surface area contributed by atoms with Gasteiger partial charge in [-0.3, -0.25) is 4.79 Å². The Bertz CT molecular complexity index is 340. The van der Waals surface area contributed by atoms with Gasteiger partial charge in [0.05, 0.1) is 31.4 Å². The average molecular weight is 291 g/mol. The van der Waals surface area contributed by atoms with E-state index in [2.05, 4.69) is 30.0 Å². The molecule has 0 saturated heterocycles. The molecule has 84 valence electrons. The van der Waals surface area contributed by atoms with Gasteiger partial charge < -0.3 is 4.90 Å². The van der Waals surface area contributed by atoms with Crippen molar-refractivity contribution < 1.29 is 9.69 Å². The van der Waals surface area contributed by atoms with E-state index in [1.54, 1.807) is 11.3 Å². The SMILES string of the molecule is Cc1sc(C(=O)[C@@H](C)C[NH+](C)C)cc1Br. The van der Waals surface area contributed by atoms with Crippen LogP contribution in [0.2, 0.25) is 0 Å². The van der Waals surface area contributed by atoms with Crippen LogP contribution in [0.3, 0.4) is 0 Å². The predicted octanol–water partition coefficient (Wildman–Crippen LogP) is 1.78. The summed E-state index contributed by atoms with van der Waals surface area (Å²) >= 11 is 5.01. The third-order valence-corrected chi connectivity index (χ3v) is 4.41. The molecule has 0 radical (unpaired) electrons. The van der Waals surface area contributed by atoms with Gasteiger partial charge in [0, 0.05) is 9.35 Å². The van der Waals surface area contributed by atoms with Crippen LogP contribution in [0.25, 0.3) is 0 Å². The van der Waals surface area contributed by atoms with Crippen LogP contribution in [0.4, 0.5) is 0 Å². The third kappa shape index (κ3) is 3.40. The van der Waals surface area contributed by atoms with Gasteiger partial charge in [-0.25, -0.2) is 0 Å². The van der Waals surface area contributed by atoms with Gasteiger partial charge in [0.1, 0.15) is 0 Å². The fraction of sp³-hybridized carbons (Fsp3) is 0.545. The summed E-state index contributed by atoms with van der Waals surface area (Å²) in [5.41, 5.74) is 0. The zero-order valence-electron chi connectivity index (χ0n) is 9.56. The highest BCUT2D eigenvalue weighted by Gasteiger charge is 2.20. The smallest absolute Gasteiger partial charge is 0.181 e. The lowest BCUT2D eigenvalue weighted by atomic mass is 10.1. The van der Waals surface area contributed by atoms with Crippen molar-refractivity contribution in [1.29, 1.82) is 0 Å². The van der Waals surface area contributed by atoms with Crippen molar-refractivity contribution >= 4 is 33.0 Å². The zero-order chi connectivity index (χ0) is 11.6. The van der Waals surface area contributed by atoms with E-state index < -0.39 is 0 Å². The van der Waals surface area contributed by atoms with Gasteiger partial charge in [0.15, 0.2) is 5.78 Å². The average Bonchev–Trinajstić information content (AvgIpc) is 2.44. The maximum atomic E-state index is 12.0. The Kier molecular flexibility index (Phi) is 4.49. The van der Waals surface area contributed by atoms with Crippen LogP contribution < -0.4 is 4.90 Å². The van der Waals surface area contributed by atoms with E-state index in [9.17, 15) is 4.79 Å². The second-order valence-electron chi connectivity index (χ2n) is 4.19. The van der Waals surface area contributed by atoms with E-state index in [0.29, 0.717) is 0 Å². The molecule has 2 nitrogen and oxygen atoms in total. The Balaban J connectivity index is 2.76. The summed E-state index contributed by atoms with van der Waals surface area (Å²) in [6, 6.07) is 1.93. The summed E-state index contributed by atoms with van der Waals surface area (Å²) in [5, 5.41) is 0. The summed E-state index contributed by atoms with van der Waals surface area (Å²) in [5.74, 6) is 0.356. The van der Waals surface area contributed by atoms with Gasteiger partial charge >= 0.3 is 0 Å². The van der Waals surface area contributed by atoms with Crippen LogP contribution in [-0.4, -0.2) is 26.4 Å². The van der Waals surface area contributed by atoms with E-state index in [0.717, 1.165) is 15.9 Å². The highest BCUT2D eigenvalue weighted by Crippen LogP contribution is 2.27. The van der Waals surface area contributed by atoms with Crippen molar-refractivity contribution in [3.8, 4) is 0 Å². The van der Waals surface area contributed by atoms with Crippen molar-refractivity contribution in [1.82, 2.24) is 0 Å². The van der Waals surface area contributed by atoms with Crippen molar-refractivity contribution in [2.24, 2.45) is 5.92 Å². The van der Waals surface area contributed by atoms with Gasteiger partial charge in [0.25, 0.3) is 0 Å². The summed E-state index contributed by atoms with van der Waals surface area (Å²) in [4.78, 5) is 15.4. The Morgan fingerprint density at radius 2 is 2.20 bits per heavy atom. The zero-order valence-corrected chi connectivity index (χ0v) is 12.0. The summed E-state index contributed by atoms with van der Waals surface area (Å²) < 4.78 is 1.04. The molecule has 0 unspecified atom stereocenters. The topological polar surface area (TPSA) is 21.5 Å². The summed E-state index contributed by atoms with van der Waals surface area (Å²) in [7, 11) is 4.14. The van der Waals surface area contributed by atoms with Gasteiger partial charge in [-0.1, -0.05) is 0 Å². The fourth-order valence-corrected chi connectivity index (χ4v) is 3.12. The Morgan fingerprint density at radius 1 is 1.60 bits per heavy atom. The van der Waals surface area contributed by atoms with E-state index >= 15 is 0 Å². The number of halogens is 1. The van der Waals surface area contributed by atoms with Gasteiger partial charge in [0.2, 0.25) is 0 Å². The van der Waals surface area contributed by atoms with Crippen LogP contribution in [0.5, 0.6) is 0 Å². The van der Waals surface area contributed by atoms with Crippen LogP contribution in [-0.2, 0) is 0 Å². The quantitative estimate of drug-likeness (QED) is 0.839. The van der Waals surface area contributed by atoms with Crippen molar-refractivity contribution in [3.05, 3.63) is 20.3 Å². The lowest BCUT2D eigenvalue weighted by Gasteiger charge is -2.12. The van der Waals surface area contributed by atoms with Gasteiger partial charge in [-0.15, -0.1) is 11.3 Å². The minimum atomic E-state index is 0.0972. The molecule has 0 amide bonds. The normalized spacial score (nSPS) is 13.2. The third-order valence-electron chi connectivity index (χ3n) is 2.26. The first-order valence-electron chi connectivity index (χ1n) is 5.01. The number of hydrogen-bond donors (Lipinski definition) is 1. The molecule has 1 aromatic rings. The minimum absolute atomic E-state index is 0.0972. The number of quaternary nitrogens is 1. The maximum Gasteiger partial charge on any atom is 0.181 e. The molecular weight excluding hydrogens is 274 g/mol. The van der Waals surface area contributed by atoms with Gasteiger partial charge in [-0.2, -0.15) is 0 Å². The van der Waals surface area contributed by atoms with E-state index in [1.165, 1.54) is 9.78 Å². The number of aryl methyl sites for hydroxylation is 1. The minimum Gasteiger partial charge on any atom is -0.339 e. The maximum absolute atomic E-state index is 12.0. The fourth-order valence-electron chi connectivity index (χ4n) is 1.53. The second kappa shape index (κ2) is 5.23. The van der Waals surface area contributed by atoms with Crippen LogP contribution >= 0.6 is 27.3 Å². The molecule has 0 fully saturated rings. The molecule has 1 rings (SSSR count). The number of hydrogen-bond acceptors (Lipinski definition) is 2. The van der Waals surface area contributed by atoms with Gasteiger partial charge in [-0.05, 0) is 35.8 Å². The molecule has 0 aliphatic rings. The number of nitrogens with one attached hydrogen (secondary N) is 1. The first kappa shape index (κ1) is 12.9. The Hall–Kier alpha value is -0.190. The standard InChI is InChI=1S/C11H16BrNOS/c1-7(6-13(3)4)11(14)10-5-9(12)8(2)15-10/h5,7H,6H2,1-4H3/p+1/t7-/m0/s1. The number of ketones is 1. The molecule has 15 heavy (non-hydrogen) atoms. The first-order valence-corrected chi connectivity index (χ1v) is 6.62. The monoisotopic (exact) mass is 290 g/mol. The Labute approximate surface area is 103 Å². The lowest BCUT2D eigenvalue weighted by Crippen LogP contribution is -3.06. The van der Waals surface area contributed by atoms with Crippen molar-refractivity contribution in [2.75, 3.05) is 20.6 Å². The molecule has 0 aliphatic heterocycles. The molecule has 0 bridgehead atoms. The molecule has 0 aromatic carbocycles. The molecular formula is C11H17BrNOS+.